The van der Waals surface area contributed by atoms with E-state index in [9.17, 15) is 4.79 Å². The second-order valence-electron chi connectivity index (χ2n) is 7.43. The van der Waals surface area contributed by atoms with Gasteiger partial charge in [-0.2, -0.15) is 5.26 Å². The standard InChI is InChI=1S/C17H28N2O2/c1-17(2,3)21-16(20)14-6-4-5-7-15(14)19-10-8-13(12-18)9-11-19/h13-15H,4-11H2,1-3H3. The summed E-state index contributed by atoms with van der Waals surface area (Å²) in [6.07, 6.45) is 6.22. The molecule has 1 aliphatic carbocycles. The van der Waals surface area contributed by atoms with Crippen LogP contribution in [0.15, 0.2) is 0 Å². The highest BCUT2D eigenvalue weighted by molar-refractivity contribution is 5.73. The van der Waals surface area contributed by atoms with E-state index in [0.717, 1.165) is 45.2 Å². The summed E-state index contributed by atoms with van der Waals surface area (Å²) in [6.45, 7) is 7.69. The largest absolute Gasteiger partial charge is 0.460 e. The minimum Gasteiger partial charge on any atom is -0.460 e. The molecular weight excluding hydrogens is 264 g/mol. The Morgan fingerprint density at radius 3 is 2.33 bits per heavy atom. The minimum atomic E-state index is -0.410. The summed E-state index contributed by atoms with van der Waals surface area (Å²) in [5.74, 6) is 0.177. The van der Waals surface area contributed by atoms with Crippen LogP contribution in [-0.2, 0) is 9.53 Å². The zero-order valence-electron chi connectivity index (χ0n) is 13.6. The van der Waals surface area contributed by atoms with E-state index in [1.807, 2.05) is 20.8 Å². The number of hydrogen-bond donors (Lipinski definition) is 0. The number of carbonyl (C=O) groups is 1. The SMILES string of the molecule is CC(C)(C)OC(=O)C1CCCCC1N1CCC(C#N)CC1. The van der Waals surface area contributed by atoms with Gasteiger partial charge < -0.3 is 4.74 Å². The van der Waals surface area contributed by atoms with E-state index in [2.05, 4.69) is 11.0 Å². The summed E-state index contributed by atoms with van der Waals surface area (Å²) in [6, 6.07) is 2.69. The number of nitrogens with zero attached hydrogens (tertiary/aromatic N) is 2. The summed E-state index contributed by atoms with van der Waals surface area (Å²) >= 11 is 0. The van der Waals surface area contributed by atoms with Crippen LogP contribution in [0.2, 0.25) is 0 Å². The first-order valence-corrected chi connectivity index (χ1v) is 8.27. The van der Waals surface area contributed by atoms with E-state index in [-0.39, 0.29) is 17.8 Å². The molecule has 0 amide bonds. The summed E-state index contributed by atoms with van der Waals surface area (Å²) in [7, 11) is 0. The molecule has 1 aliphatic heterocycles. The number of likely N-dealkylation sites (tertiary alicyclic amines) is 1. The quantitative estimate of drug-likeness (QED) is 0.734. The summed E-state index contributed by atoms with van der Waals surface area (Å²) < 4.78 is 5.62. The minimum absolute atomic E-state index is 0.0108. The maximum absolute atomic E-state index is 12.5. The second-order valence-corrected chi connectivity index (χ2v) is 7.43. The fourth-order valence-electron chi connectivity index (χ4n) is 3.56. The van der Waals surface area contributed by atoms with Crippen LogP contribution in [-0.4, -0.2) is 35.6 Å². The van der Waals surface area contributed by atoms with Crippen LogP contribution in [0.25, 0.3) is 0 Å². The molecule has 1 heterocycles. The Bertz CT molecular complexity index is 400. The van der Waals surface area contributed by atoms with E-state index >= 15 is 0 Å². The molecular formula is C17H28N2O2. The summed E-state index contributed by atoms with van der Waals surface area (Å²) in [5.41, 5.74) is -0.410. The fourth-order valence-corrected chi connectivity index (χ4v) is 3.56. The van der Waals surface area contributed by atoms with E-state index < -0.39 is 5.60 Å². The van der Waals surface area contributed by atoms with Gasteiger partial charge in [-0.1, -0.05) is 12.8 Å². The van der Waals surface area contributed by atoms with Gasteiger partial charge in [0.15, 0.2) is 0 Å². The van der Waals surface area contributed by atoms with Crippen molar-refractivity contribution >= 4 is 5.97 Å². The zero-order valence-corrected chi connectivity index (χ0v) is 13.6. The van der Waals surface area contributed by atoms with Gasteiger partial charge in [0, 0.05) is 12.0 Å². The maximum atomic E-state index is 12.5. The van der Waals surface area contributed by atoms with Crippen molar-refractivity contribution in [1.29, 1.82) is 5.26 Å². The predicted molar refractivity (Wildman–Crippen MR) is 81.5 cm³/mol. The van der Waals surface area contributed by atoms with E-state index in [0.29, 0.717) is 6.04 Å². The molecule has 2 unspecified atom stereocenters. The third-order valence-corrected chi connectivity index (χ3v) is 4.62. The highest BCUT2D eigenvalue weighted by Gasteiger charge is 2.38. The molecule has 0 radical (unpaired) electrons. The van der Waals surface area contributed by atoms with Gasteiger partial charge in [0.2, 0.25) is 0 Å². The average Bonchev–Trinajstić information content (AvgIpc) is 2.45. The van der Waals surface area contributed by atoms with Crippen molar-refractivity contribution in [3.63, 3.8) is 0 Å². The molecule has 2 atom stereocenters. The number of rotatable bonds is 2. The van der Waals surface area contributed by atoms with Gasteiger partial charge in [0.05, 0.1) is 12.0 Å². The van der Waals surface area contributed by atoms with Gasteiger partial charge in [-0.05, 0) is 59.5 Å². The fraction of sp³-hybridized carbons (Fsp3) is 0.882. The van der Waals surface area contributed by atoms with Crippen LogP contribution >= 0.6 is 0 Å². The Hall–Kier alpha value is -1.08. The lowest BCUT2D eigenvalue weighted by atomic mass is 9.82. The normalized spacial score (nSPS) is 28.9. The molecule has 118 valence electrons. The van der Waals surface area contributed by atoms with Crippen molar-refractivity contribution in [2.24, 2.45) is 11.8 Å². The second kappa shape index (κ2) is 6.79. The van der Waals surface area contributed by atoms with E-state index in [4.69, 9.17) is 10.00 Å². The lowest BCUT2D eigenvalue weighted by Crippen LogP contribution is -2.49. The first-order valence-electron chi connectivity index (χ1n) is 8.27. The number of hydrogen-bond acceptors (Lipinski definition) is 4. The van der Waals surface area contributed by atoms with Gasteiger partial charge >= 0.3 is 5.97 Å². The third-order valence-electron chi connectivity index (χ3n) is 4.62. The number of piperidine rings is 1. The average molecular weight is 292 g/mol. The van der Waals surface area contributed by atoms with Gasteiger partial charge in [-0.15, -0.1) is 0 Å². The van der Waals surface area contributed by atoms with Crippen LogP contribution in [0.1, 0.15) is 59.3 Å². The molecule has 0 aromatic rings. The van der Waals surface area contributed by atoms with Gasteiger partial charge in [0.1, 0.15) is 5.60 Å². The Balaban J connectivity index is 1.99. The number of ether oxygens (including phenoxy) is 1. The van der Waals surface area contributed by atoms with Crippen molar-refractivity contribution in [3.05, 3.63) is 0 Å². The van der Waals surface area contributed by atoms with E-state index in [1.165, 1.54) is 6.42 Å². The third kappa shape index (κ3) is 4.44. The number of nitriles is 1. The molecule has 1 saturated carbocycles. The molecule has 2 rings (SSSR count). The van der Waals surface area contributed by atoms with Crippen molar-refractivity contribution in [2.75, 3.05) is 13.1 Å². The molecule has 4 heteroatoms. The highest BCUT2D eigenvalue weighted by atomic mass is 16.6. The van der Waals surface area contributed by atoms with Crippen molar-refractivity contribution in [1.82, 2.24) is 4.90 Å². The van der Waals surface area contributed by atoms with Crippen LogP contribution in [0.3, 0.4) is 0 Å². The van der Waals surface area contributed by atoms with Crippen LogP contribution < -0.4 is 0 Å². The summed E-state index contributed by atoms with van der Waals surface area (Å²) in [4.78, 5) is 14.9. The molecule has 4 nitrogen and oxygen atoms in total. The van der Waals surface area contributed by atoms with Crippen LogP contribution in [0, 0.1) is 23.2 Å². The van der Waals surface area contributed by atoms with Crippen LogP contribution in [0.5, 0.6) is 0 Å². The Morgan fingerprint density at radius 2 is 1.76 bits per heavy atom. The molecule has 0 N–H and O–H groups in total. The summed E-state index contributed by atoms with van der Waals surface area (Å²) in [5, 5.41) is 9.01. The smallest absolute Gasteiger partial charge is 0.311 e. The highest BCUT2D eigenvalue weighted by Crippen LogP contribution is 2.33. The lowest BCUT2D eigenvalue weighted by molar-refractivity contribution is -0.164. The van der Waals surface area contributed by atoms with E-state index in [1.54, 1.807) is 0 Å². The number of carbonyl (C=O) groups excluding carboxylic acids is 1. The first-order chi connectivity index (χ1) is 9.90. The maximum Gasteiger partial charge on any atom is 0.311 e. The van der Waals surface area contributed by atoms with Crippen LogP contribution in [0.4, 0.5) is 0 Å². The zero-order chi connectivity index (χ0) is 15.5. The first kappa shape index (κ1) is 16.3. The molecule has 2 aliphatic rings. The molecule has 0 spiro atoms. The van der Waals surface area contributed by atoms with Crippen molar-refractivity contribution in [2.45, 2.75) is 70.9 Å². The Labute approximate surface area is 128 Å². The molecule has 1 saturated heterocycles. The topological polar surface area (TPSA) is 53.3 Å². The molecule has 2 fully saturated rings. The molecule has 0 aromatic carbocycles. The van der Waals surface area contributed by atoms with Gasteiger partial charge in [-0.3, -0.25) is 9.69 Å². The Kier molecular flexibility index (Phi) is 5.27. The molecule has 0 bridgehead atoms. The lowest BCUT2D eigenvalue weighted by Gasteiger charge is -2.42. The monoisotopic (exact) mass is 292 g/mol. The van der Waals surface area contributed by atoms with Crippen molar-refractivity contribution in [3.8, 4) is 6.07 Å². The molecule has 21 heavy (non-hydrogen) atoms. The van der Waals surface area contributed by atoms with Gasteiger partial charge in [-0.25, -0.2) is 0 Å². The molecule has 0 aromatic heterocycles. The van der Waals surface area contributed by atoms with Crippen molar-refractivity contribution < 1.29 is 9.53 Å². The number of esters is 1. The van der Waals surface area contributed by atoms with Gasteiger partial charge in [0.25, 0.3) is 0 Å². The Morgan fingerprint density at radius 1 is 1.14 bits per heavy atom. The predicted octanol–water partition coefficient (Wildman–Crippen LogP) is 3.12.